The van der Waals surface area contributed by atoms with Crippen LogP contribution in [0.3, 0.4) is 0 Å². The second kappa shape index (κ2) is 7.00. The van der Waals surface area contributed by atoms with E-state index in [-0.39, 0.29) is 31.2 Å². The first-order valence-electron chi connectivity index (χ1n) is 6.11. The van der Waals surface area contributed by atoms with E-state index in [1.807, 2.05) is 0 Å². The van der Waals surface area contributed by atoms with Crippen molar-refractivity contribution in [3.05, 3.63) is 35.6 Å². The van der Waals surface area contributed by atoms with Gasteiger partial charge in [0, 0.05) is 7.11 Å². The van der Waals surface area contributed by atoms with E-state index in [1.54, 1.807) is 6.92 Å². The molecule has 1 rings (SSSR count). The number of ether oxygens (including phenoxy) is 1. The Bertz CT molecular complexity index is 475. The first-order chi connectivity index (χ1) is 9.34. The Labute approximate surface area is 116 Å². The molecule has 6 heteroatoms. The minimum atomic E-state index is -1.02. The van der Waals surface area contributed by atoms with Crippen molar-refractivity contribution in [2.45, 2.75) is 25.3 Å². The first kappa shape index (κ1) is 16.1. The van der Waals surface area contributed by atoms with Crippen molar-refractivity contribution < 1.29 is 23.8 Å². The van der Waals surface area contributed by atoms with Crippen molar-refractivity contribution in [2.24, 2.45) is 0 Å². The van der Waals surface area contributed by atoms with Crippen LogP contribution in [0.2, 0.25) is 0 Å². The van der Waals surface area contributed by atoms with Gasteiger partial charge < -0.3 is 15.2 Å². The number of carboxylic acids is 1. The van der Waals surface area contributed by atoms with Gasteiger partial charge in [0.1, 0.15) is 5.82 Å². The third-order valence-electron chi connectivity index (χ3n) is 2.72. The Morgan fingerprint density at radius 3 is 2.45 bits per heavy atom. The lowest BCUT2D eigenvalue weighted by atomic mass is 9.98. The summed E-state index contributed by atoms with van der Waals surface area (Å²) >= 11 is 0. The summed E-state index contributed by atoms with van der Waals surface area (Å²) in [6.07, 6.45) is -0.185. The van der Waals surface area contributed by atoms with Gasteiger partial charge in [-0.25, -0.2) is 4.39 Å². The molecule has 110 valence electrons. The molecule has 1 amide bonds. The number of hydrogen-bond donors (Lipinski definition) is 2. The number of methoxy groups -OCH3 is 1. The molecule has 0 saturated carbocycles. The Morgan fingerprint density at radius 1 is 1.35 bits per heavy atom. The van der Waals surface area contributed by atoms with Crippen LogP contribution in [-0.4, -0.2) is 36.2 Å². The molecule has 0 fully saturated rings. The molecule has 0 aromatic heterocycles. The number of aliphatic carboxylic acids is 1. The quantitative estimate of drug-likeness (QED) is 0.792. The minimum absolute atomic E-state index is 0.0548. The van der Waals surface area contributed by atoms with Crippen LogP contribution in [0.25, 0.3) is 0 Å². The first-order valence-corrected chi connectivity index (χ1v) is 6.11. The second-order valence-electron chi connectivity index (χ2n) is 4.92. The maximum absolute atomic E-state index is 12.8. The summed E-state index contributed by atoms with van der Waals surface area (Å²) in [4.78, 5) is 22.7. The number of halogens is 1. The predicted molar refractivity (Wildman–Crippen MR) is 70.8 cm³/mol. The van der Waals surface area contributed by atoms with Gasteiger partial charge in [0.25, 0.3) is 0 Å². The lowest BCUT2D eigenvalue weighted by Gasteiger charge is -2.28. The normalized spacial score (nSPS) is 13.6. The predicted octanol–water partition coefficient (Wildman–Crippen LogP) is 1.36. The molecule has 1 aromatic rings. The summed E-state index contributed by atoms with van der Waals surface area (Å²) in [7, 11) is 1.44. The summed E-state index contributed by atoms with van der Waals surface area (Å²) in [6.45, 7) is 1.70. The number of carboxylic acid groups (broad SMARTS) is 1. The largest absolute Gasteiger partial charge is 0.481 e. The molecule has 5 nitrogen and oxygen atoms in total. The second-order valence-corrected chi connectivity index (χ2v) is 4.92. The summed E-state index contributed by atoms with van der Waals surface area (Å²) in [5.74, 6) is -1.73. The van der Waals surface area contributed by atoms with E-state index in [2.05, 4.69) is 5.32 Å². The molecule has 0 bridgehead atoms. The zero-order valence-corrected chi connectivity index (χ0v) is 11.5. The number of carbonyl (C=O) groups excluding carboxylic acids is 1. The third kappa shape index (κ3) is 5.36. The number of nitrogens with one attached hydrogen (secondary N) is 1. The van der Waals surface area contributed by atoms with Crippen LogP contribution in [-0.2, 0) is 20.7 Å². The molecule has 0 aliphatic rings. The molecule has 0 aliphatic heterocycles. The van der Waals surface area contributed by atoms with Crippen LogP contribution < -0.4 is 5.32 Å². The highest BCUT2D eigenvalue weighted by Crippen LogP contribution is 2.11. The zero-order valence-electron chi connectivity index (χ0n) is 11.5. The van der Waals surface area contributed by atoms with Crippen LogP contribution in [0.4, 0.5) is 4.39 Å². The van der Waals surface area contributed by atoms with Gasteiger partial charge in [-0.05, 0) is 24.6 Å². The fourth-order valence-corrected chi connectivity index (χ4v) is 1.95. The minimum Gasteiger partial charge on any atom is -0.481 e. The van der Waals surface area contributed by atoms with Crippen molar-refractivity contribution in [3.63, 3.8) is 0 Å². The van der Waals surface area contributed by atoms with Crippen molar-refractivity contribution in [1.29, 1.82) is 0 Å². The summed E-state index contributed by atoms with van der Waals surface area (Å²) < 4.78 is 17.7. The summed E-state index contributed by atoms with van der Waals surface area (Å²) in [5.41, 5.74) is -0.323. The van der Waals surface area contributed by atoms with Crippen LogP contribution in [0, 0.1) is 5.82 Å². The van der Waals surface area contributed by atoms with E-state index in [9.17, 15) is 14.0 Å². The Balaban J connectivity index is 2.66. The van der Waals surface area contributed by atoms with E-state index in [0.29, 0.717) is 5.56 Å². The van der Waals surface area contributed by atoms with E-state index in [1.165, 1.54) is 31.4 Å². The van der Waals surface area contributed by atoms with Crippen molar-refractivity contribution in [3.8, 4) is 0 Å². The molecule has 20 heavy (non-hydrogen) atoms. The molecule has 1 unspecified atom stereocenters. The van der Waals surface area contributed by atoms with Gasteiger partial charge in [-0.1, -0.05) is 12.1 Å². The highest BCUT2D eigenvalue weighted by Gasteiger charge is 2.29. The van der Waals surface area contributed by atoms with E-state index < -0.39 is 11.5 Å². The van der Waals surface area contributed by atoms with Crippen LogP contribution in [0.1, 0.15) is 18.9 Å². The standard InChI is InChI=1S/C14H18FNO4/c1-14(9-20-2,8-13(18)19)16-12(17)7-10-3-5-11(15)6-4-10/h3-6H,7-9H2,1-2H3,(H,16,17)(H,18,19). The fourth-order valence-electron chi connectivity index (χ4n) is 1.95. The average Bonchev–Trinajstić information content (AvgIpc) is 2.30. The van der Waals surface area contributed by atoms with Gasteiger partial charge in [-0.2, -0.15) is 0 Å². The highest BCUT2D eigenvalue weighted by atomic mass is 19.1. The molecule has 0 radical (unpaired) electrons. The maximum Gasteiger partial charge on any atom is 0.305 e. The highest BCUT2D eigenvalue weighted by molar-refractivity contribution is 5.80. The number of amides is 1. The monoisotopic (exact) mass is 283 g/mol. The van der Waals surface area contributed by atoms with Crippen molar-refractivity contribution in [2.75, 3.05) is 13.7 Å². The molecule has 0 aliphatic carbocycles. The van der Waals surface area contributed by atoms with Crippen molar-refractivity contribution >= 4 is 11.9 Å². The number of hydrogen-bond acceptors (Lipinski definition) is 3. The maximum atomic E-state index is 12.8. The van der Waals surface area contributed by atoms with E-state index >= 15 is 0 Å². The van der Waals surface area contributed by atoms with Crippen LogP contribution in [0.15, 0.2) is 24.3 Å². The van der Waals surface area contributed by atoms with Crippen LogP contribution >= 0.6 is 0 Å². The Hall–Kier alpha value is -1.95. The van der Waals surface area contributed by atoms with E-state index in [0.717, 1.165) is 0 Å². The zero-order chi connectivity index (χ0) is 15.2. The topological polar surface area (TPSA) is 75.6 Å². The van der Waals surface area contributed by atoms with Gasteiger partial charge in [0.2, 0.25) is 5.91 Å². The third-order valence-corrected chi connectivity index (χ3v) is 2.72. The lowest BCUT2D eigenvalue weighted by Crippen LogP contribution is -2.51. The molecular weight excluding hydrogens is 265 g/mol. The van der Waals surface area contributed by atoms with Crippen LogP contribution in [0.5, 0.6) is 0 Å². The van der Waals surface area contributed by atoms with Gasteiger partial charge in [-0.3, -0.25) is 9.59 Å². The number of carbonyl (C=O) groups is 2. The average molecular weight is 283 g/mol. The van der Waals surface area contributed by atoms with Crippen molar-refractivity contribution in [1.82, 2.24) is 5.32 Å². The smallest absolute Gasteiger partial charge is 0.305 e. The summed E-state index contributed by atoms with van der Waals surface area (Å²) in [5, 5.41) is 11.5. The summed E-state index contributed by atoms with van der Waals surface area (Å²) in [6, 6.07) is 5.57. The molecular formula is C14H18FNO4. The SMILES string of the molecule is COCC(C)(CC(=O)O)NC(=O)Cc1ccc(F)cc1. The van der Waals surface area contributed by atoms with Gasteiger partial charge in [0.15, 0.2) is 0 Å². The number of rotatable bonds is 7. The molecule has 0 spiro atoms. The molecule has 0 heterocycles. The Kier molecular flexibility index (Phi) is 5.64. The lowest BCUT2D eigenvalue weighted by molar-refractivity contribution is -0.139. The van der Waals surface area contributed by atoms with Gasteiger partial charge in [0.05, 0.1) is 25.0 Å². The molecule has 1 atom stereocenters. The molecule has 0 saturated heterocycles. The van der Waals surface area contributed by atoms with Gasteiger partial charge in [-0.15, -0.1) is 0 Å². The Morgan fingerprint density at radius 2 is 1.95 bits per heavy atom. The van der Waals surface area contributed by atoms with Gasteiger partial charge >= 0.3 is 5.97 Å². The molecule has 2 N–H and O–H groups in total. The molecule has 1 aromatic carbocycles. The fraction of sp³-hybridized carbons (Fsp3) is 0.429. The van der Waals surface area contributed by atoms with E-state index in [4.69, 9.17) is 9.84 Å². The number of benzene rings is 1.